The Morgan fingerprint density at radius 2 is 2.09 bits per heavy atom. The summed E-state index contributed by atoms with van der Waals surface area (Å²) >= 11 is 11.3. The molecule has 3 nitrogen and oxygen atoms in total. The molecule has 2 N–H and O–H groups in total. The molecule has 0 radical (unpaired) electrons. The second-order valence-corrected chi connectivity index (χ2v) is 2.62. The Balaban J connectivity index is 0.000001000. The molecule has 0 saturated carbocycles. The maximum Gasteiger partial charge on any atom is 0.169 e. The normalized spacial score (nSPS) is 9.45. The maximum atomic E-state index is 5.72. The van der Waals surface area contributed by atoms with Crippen molar-refractivity contribution in [3.63, 3.8) is 0 Å². The van der Waals surface area contributed by atoms with E-state index in [1.165, 1.54) is 0 Å². The molecular formula is C5H8Cl3N3. The van der Waals surface area contributed by atoms with Crippen LogP contribution in [-0.2, 0) is 13.6 Å². The standard InChI is InChI=1S/C5H7Cl2N3.ClH/c1-10-3(2-8)4(6)5(7)9-10;/h2,8H2,1H3;1H. The zero-order valence-electron chi connectivity index (χ0n) is 5.84. The molecule has 0 bridgehead atoms. The number of halogens is 3. The lowest BCUT2D eigenvalue weighted by atomic mass is 10.4. The van der Waals surface area contributed by atoms with Gasteiger partial charge in [0, 0.05) is 13.6 Å². The van der Waals surface area contributed by atoms with Crippen LogP contribution in [0.1, 0.15) is 5.69 Å². The molecule has 1 aromatic rings. The fourth-order valence-corrected chi connectivity index (χ4v) is 1.18. The Morgan fingerprint density at radius 3 is 2.27 bits per heavy atom. The molecule has 11 heavy (non-hydrogen) atoms. The molecule has 0 aliphatic carbocycles. The van der Waals surface area contributed by atoms with Gasteiger partial charge in [-0.05, 0) is 0 Å². The van der Waals surface area contributed by atoms with Gasteiger partial charge in [-0.25, -0.2) is 0 Å². The van der Waals surface area contributed by atoms with E-state index in [-0.39, 0.29) is 12.4 Å². The second kappa shape index (κ2) is 4.16. The monoisotopic (exact) mass is 215 g/mol. The van der Waals surface area contributed by atoms with Gasteiger partial charge in [0.1, 0.15) is 5.02 Å². The zero-order chi connectivity index (χ0) is 7.72. The minimum Gasteiger partial charge on any atom is -0.325 e. The average Bonchev–Trinajstić information content (AvgIpc) is 2.09. The van der Waals surface area contributed by atoms with Crippen LogP contribution in [0.15, 0.2) is 0 Å². The van der Waals surface area contributed by atoms with E-state index in [1.807, 2.05) is 0 Å². The summed E-state index contributed by atoms with van der Waals surface area (Å²) in [6, 6.07) is 0. The molecule has 0 fully saturated rings. The van der Waals surface area contributed by atoms with Gasteiger partial charge in [-0.1, -0.05) is 23.2 Å². The minimum atomic E-state index is 0. The van der Waals surface area contributed by atoms with E-state index >= 15 is 0 Å². The van der Waals surface area contributed by atoms with Crippen molar-refractivity contribution in [2.45, 2.75) is 6.54 Å². The van der Waals surface area contributed by atoms with E-state index < -0.39 is 0 Å². The zero-order valence-corrected chi connectivity index (χ0v) is 8.17. The molecule has 0 aromatic carbocycles. The van der Waals surface area contributed by atoms with Gasteiger partial charge < -0.3 is 5.73 Å². The number of nitrogens with two attached hydrogens (primary N) is 1. The summed E-state index contributed by atoms with van der Waals surface area (Å²) in [6.45, 7) is 0.356. The molecular weight excluding hydrogens is 208 g/mol. The van der Waals surface area contributed by atoms with E-state index in [1.54, 1.807) is 11.7 Å². The fraction of sp³-hybridized carbons (Fsp3) is 0.400. The Bertz CT molecular complexity index is 245. The van der Waals surface area contributed by atoms with Gasteiger partial charge in [0.2, 0.25) is 0 Å². The first-order valence-corrected chi connectivity index (χ1v) is 3.49. The Morgan fingerprint density at radius 1 is 1.55 bits per heavy atom. The SMILES string of the molecule is Cl.Cn1nc(Cl)c(Cl)c1CN. The number of nitrogens with zero attached hydrogens (tertiary/aromatic N) is 2. The lowest BCUT2D eigenvalue weighted by Gasteiger charge is -1.94. The number of hydrogen-bond donors (Lipinski definition) is 1. The van der Waals surface area contributed by atoms with E-state index in [4.69, 9.17) is 28.9 Å². The summed E-state index contributed by atoms with van der Waals surface area (Å²) in [6.07, 6.45) is 0. The summed E-state index contributed by atoms with van der Waals surface area (Å²) in [4.78, 5) is 0. The Hall–Kier alpha value is 0.0400. The summed E-state index contributed by atoms with van der Waals surface area (Å²) in [5, 5.41) is 4.61. The fourth-order valence-electron chi connectivity index (χ4n) is 0.719. The van der Waals surface area contributed by atoms with Crippen molar-refractivity contribution in [3.8, 4) is 0 Å². The largest absolute Gasteiger partial charge is 0.325 e. The highest BCUT2D eigenvalue weighted by atomic mass is 35.5. The molecule has 0 spiro atoms. The van der Waals surface area contributed by atoms with Crippen LogP contribution in [-0.4, -0.2) is 9.78 Å². The molecule has 0 unspecified atom stereocenters. The van der Waals surface area contributed by atoms with Crippen molar-refractivity contribution >= 4 is 35.6 Å². The first-order valence-electron chi connectivity index (χ1n) is 2.73. The van der Waals surface area contributed by atoms with Crippen LogP contribution in [0.4, 0.5) is 0 Å². The topological polar surface area (TPSA) is 43.8 Å². The molecule has 0 aliphatic heterocycles. The third kappa shape index (κ3) is 1.99. The van der Waals surface area contributed by atoms with Crippen LogP contribution >= 0.6 is 35.6 Å². The van der Waals surface area contributed by atoms with Crippen LogP contribution in [0.3, 0.4) is 0 Å². The quantitative estimate of drug-likeness (QED) is 0.775. The lowest BCUT2D eigenvalue weighted by molar-refractivity contribution is 0.712. The highest BCUT2D eigenvalue weighted by Gasteiger charge is 2.09. The van der Waals surface area contributed by atoms with Gasteiger partial charge in [0.25, 0.3) is 0 Å². The summed E-state index contributed by atoms with van der Waals surface area (Å²) in [7, 11) is 1.75. The summed E-state index contributed by atoms with van der Waals surface area (Å²) < 4.78 is 1.57. The summed E-state index contributed by atoms with van der Waals surface area (Å²) in [5.74, 6) is 0. The smallest absolute Gasteiger partial charge is 0.169 e. The molecule has 0 aliphatic rings. The van der Waals surface area contributed by atoms with Gasteiger partial charge in [-0.2, -0.15) is 5.10 Å². The number of aromatic nitrogens is 2. The number of aryl methyl sites for hydroxylation is 1. The van der Waals surface area contributed by atoms with Gasteiger partial charge in [-0.15, -0.1) is 12.4 Å². The predicted molar refractivity (Wildman–Crippen MR) is 48.4 cm³/mol. The number of hydrogen-bond acceptors (Lipinski definition) is 2. The third-order valence-electron chi connectivity index (χ3n) is 1.26. The van der Waals surface area contributed by atoms with Crippen LogP contribution in [0, 0.1) is 0 Å². The predicted octanol–water partition coefficient (Wildman–Crippen LogP) is 1.61. The first kappa shape index (κ1) is 11.0. The molecule has 64 valence electrons. The van der Waals surface area contributed by atoms with Crippen molar-refractivity contribution < 1.29 is 0 Å². The second-order valence-electron chi connectivity index (χ2n) is 1.88. The first-order chi connectivity index (χ1) is 4.66. The number of rotatable bonds is 1. The van der Waals surface area contributed by atoms with Crippen molar-refractivity contribution in [1.82, 2.24) is 9.78 Å². The van der Waals surface area contributed by atoms with Crippen LogP contribution in [0.5, 0.6) is 0 Å². The highest BCUT2D eigenvalue weighted by molar-refractivity contribution is 6.41. The van der Waals surface area contributed by atoms with E-state index in [9.17, 15) is 0 Å². The summed E-state index contributed by atoms with van der Waals surface area (Å²) in [5.41, 5.74) is 6.12. The molecule has 6 heteroatoms. The molecule has 1 heterocycles. The van der Waals surface area contributed by atoms with Gasteiger partial charge in [-0.3, -0.25) is 4.68 Å². The third-order valence-corrected chi connectivity index (χ3v) is 2.01. The molecule has 1 aromatic heterocycles. The van der Waals surface area contributed by atoms with E-state index in [0.29, 0.717) is 16.7 Å². The Kier molecular flexibility index (Phi) is 4.18. The lowest BCUT2D eigenvalue weighted by Crippen LogP contribution is -2.04. The highest BCUT2D eigenvalue weighted by Crippen LogP contribution is 2.23. The molecule has 0 amide bonds. The molecule has 0 saturated heterocycles. The molecule has 1 rings (SSSR count). The van der Waals surface area contributed by atoms with Crippen LogP contribution < -0.4 is 5.73 Å². The van der Waals surface area contributed by atoms with Gasteiger partial charge in [0.05, 0.1) is 5.69 Å². The van der Waals surface area contributed by atoms with Crippen LogP contribution in [0.2, 0.25) is 10.2 Å². The van der Waals surface area contributed by atoms with Crippen molar-refractivity contribution in [3.05, 3.63) is 15.9 Å². The van der Waals surface area contributed by atoms with Crippen LogP contribution in [0.25, 0.3) is 0 Å². The van der Waals surface area contributed by atoms with E-state index in [0.717, 1.165) is 5.69 Å². The Labute approximate surface area is 80.9 Å². The van der Waals surface area contributed by atoms with E-state index in [2.05, 4.69) is 5.10 Å². The van der Waals surface area contributed by atoms with Gasteiger partial charge in [0.15, 0.2) is 5.15 Å². The van der Waals surface area contributed by atoms with Crippen molar-refractivity contribution in [1.29, 1.82) is 0 Å². The minimum absolute atomic E-state index is 0. The van der Waals surface area contributed by atoms with Gasteiger partial charge >= 0.3 is 0 Å². The maximum absolute atomic E-state index is 5.72. The molecule has 0 atom stereocenters. The van der Waals surface area contributed by atoms with Crippen molar-refractivity contribution in [2.75, 3.05) is 0 Å². The van der Waals surface area contributed by atoms with Crippen molar-refractivity contribution in [2.24, 2.45) is 12.8 Å². The average molecular weight is 216 g/mol.